The number of hydrogen-bond donors (Lipinski definition) is 2. The second-order valence-electron chi connectivity index (χ2n) is 5.98. The van der Waals surface area contributed by atoms with Crippen molar-refractivity contribution in [2.24, 2.45) is 0 Å². The molecule has 29 heavy (non-hydrogen) atoms. The molecule has 0 unspecified atom stereocenters. The molecule has 9 heteroatoms. The van der Waals surface area contributed by atoms with Crippen molar-refractivity contribution in [1.29, 1.82) is 0 Å². The normalized spacial score (nSPS) is 10.4. The number of tetrazole rings is 1. The molecule has 0 bridgehead atoms. The summed E-state index contributed by atoms with van der Waals surface area (Å²) in [6.45, 7) is 0. The number of methoxy groups -OCH3 is 1. The van der Waals surface area contributed by atoms with Crippen molar-refractivity contribution < 1.29 is 9.53 Å². The van der Waals surface area contributed by atoms with Crippen LogP contribution in [-0.2, 0) is 0 Å². The van der Waals surface area contributed by atoms with E-state index in [-0.39, 0.29) is 5.91 Å². The molecule has 4 aromatic rings. The highest BCUT2D eigenvalue weighted by Gasteiger charge is 2.14. The third-order valence-electron chi connectivity index (χ3n) is 4.13. The molecule has 2 heterocycles. The lowest BCUT2D eigenvalue weighted by atomic mass is 10.2. The zero-order chi connectivity index (χ0) is 20.1. The summed E-state index contributed by atoms with van der Waals surface area (Å²) in [5, 5.41) is 17.1. The van der Waals surface area contributed by atoms with Crippen molar-refractivity contribution in [1.82, 2.24) is 25.2 Å². The van der Waals surface area contributed by atoms with Gasteiger partial charge < -0.3 is 15.4 Å². The topological polar surface area (TPSA) is 107 Å². The molecule has 2 aromatic heterocycles. The SMILES string of the molecule is COc1ccccc1Nc1ncccc1C(=O)Nc1cccc(-n2cnnn2)c1. The number of ether oxygens (including phenoxy) is 1. The van der Waals surface area contributed by atoms with Crippen LogP contribution in [0.1, 0.15) is 10.4 Å². The standard InChI is InChI=1S/C20H17N7O2/c1-29-18-10-3-2-9-17(18)24-19-16(8-5-11-21-19)20(28)23-14-6-4-7-15(12-14)27-13-22-25-26-27/h2-13H,1H3,(H,21,24)(H,23,28). The van der Waals surface area contributed by atoms with Gasteiger partial charge >= 0.3 is 0 Å². The Hall–Kier alpha value is -4.27. The van der Waals surface area contributed by atoms with Crippen molar-refractivity contribution in [3.63, 3.8) is 0 Å². The first-order chi connectivity index (χ1) is 14.2. The van der Waals surface area contributed by atoms with Crippen molar-refractivity contribution in [3.05, 3.63) is 78.8 Å². The largest absolute Gasteiger partial charge is 0.495 e. The monoisotopic (exact) mass is 387 g/mol. The quantitative estimate of drug-likeness (QED) is 0.523. The van der Waals surface area contributed by atoms with Crippen LogP contribution in [0.15, 0.2) is 73.2 Å². The highest BCUT2D eigenvalue weighted by molar-refractivity contribution is 6.08. The molecule has 0 fully saturated rings. The molecule has 0 aliphatic rings. The molecule has 144 valence electrons. The van der Waals surface area contributed by atoms with Gasteiger partial charge in [-0.2, -0.15) is 0 Å². The van der Waals surface area contributed by atoms with Gasteiger partial charge in [-0.1, -0.05) is 18.2 Å². The van der Waals surface area contributed by atoms with E-state index >= 15 is 0 Å². The minimum absolute atomic E-state index is 0.302. The summed E-state index contributed by atoms with van der Waals surface area (Å²) in [5.41, 5.74) is 2.44. The molecular weight excluding hydrogens is 370 g/mol. The van der Waals surface area contributed by atoms with Crippen LogP contribution in [0.5, 0.6) is 5.75 Å². The molecular formula is C20H17N7O2. The van der Waals surface area contributed by atoms with Crippen molar-refractivity contribution in [2.45, 2.75) is 0 Å². The highest BCUT2D eigenvalue weighted by atomic mass is 16.5. The van der Waals surface area contributed by atoms with Gasteiger partial charge in [0.25, 0.3) is 5.91 Å². The van der Waals surface area contributed by atoms with E-state index in [4.69, 9.17) is 4.74 Å². The molecule has 0 radical (unpaired) electrons. The first-order valence-electron chi connectivity index (χ1n) is 8.74. The van der Waals surface area contributed by atoms with Crippen LogP contribution in [0.2, 0.25) is 0 Å². The number of hydrogen-bond acceptors (Lipinski definition) is 7. The number of benzene rings is 2. The Bertz CT molecular complexity index is 1130. The summed E-state index contributed by atoms with van der Waals surface area (Å²) < 4.78 is 6.86. The summed E-state index contributed by atoms with van der Waals surface area (Å²) in [6.07, 6.45) is 3.10. The average molecular weight is 387 g/mol. The van der Waals surface area contributed by atoms with Gasteiger partial charge in [-0.3, -0.25) is 4.79 Å². The maximum Gasteiger partial charge on any atom is 0.259 e. The van der Waals surface area contributed by atoms with Crippen LogP contribution >= 0.6 is 0 Å². The van der Waals surface area contributed by atoms with Gasteiger partial charge in [-0.15, -0.1) is 5.10 Å². The van der Waals surface area contributed by atoms with Gasteiger partial charge in [-0.25, -0.2) is 9.67 Å². The number of para-hydroxylation sites is 2. The lowest BCUT2D eigenvalue weighted by molar-refractivity contribution is 0.102. The number of amides is 1. The smallest absolute Gasteiger partial charge is 0.259 e. The van der Waals surface area contributed by atoms with Crippen LogP contribution in [-0.4, -0.2) is 38.2 Å². The van der Waals surface area contributed by atoms with Crippen LogP contribution in [0.3, 0.4) is 0 Å². The molecule has 0 aliphatic carbocycles. The number of aromatic nitrogens is 5. The molecule has 2 aromatic carbocycles. The fraction of sp³-hybridized carbons (Fsp3) is 0.0500. The van der Waals surface area contributed by atoms with E-state index in [0.29, 0.717) is 28.5 Å². The number of nitrogens with one attached hydrogen (secondary N) is 2. The molecule has 0 atom stereocenters. The Morgan fingerprint density at radius 3 is 2.79 bits per heavy atom. The lowest BCUT2D eigenvalue weighted by Crippen LogP contribution is -2.15. The summed E-state index contributed by atoms with van der Waals surface area (Å²) in [5.74, 6) is 0.772. The molecule has 9 nitrogen and oxygen atoms in total. The van der Waals surface area contributed by atoms with Crippen LogP contribution < -0.4 is 15.4 Å². The minimum atomic E-state index is -0.302. The van der Waals surface area contributed by atoms with Gasteiger partial charge in [0.15, 0.2) is 0 Å². The van der Waals surface area contributed by atoms with Crippen LogP contribution in [0.25, 0.3) is 5.69 Å². The predicted molar refractivity (Wildman–Crippen MR) is 108 cm³/mol. The Balaban J connectivity index is 1.58. The van der Waals surface area contributed by atoms with Crippen molar-refractivity contribution >= 4 is 23.1 Å². The fourth-order valence-corrected chi connectivity index (χ4v) is 2.77. The fourth-order valence-electron chi connectivity index (χ4n) is 2.77. The molecule has 4 rings (SSSR count). The van der Waals surface area contributed by atoms with E-state index in [1.807, 2.05) is 36.4 Å². The molecule has 0 spiro atoms. The summed E-state index contributed by atoms with van der Waals surface area (Å²) >= 11 is 0. The number of carbonyl (C=O) groups excluding carboxylic acids is 1. The van der Waals surface area contributed by atoms with Crippen molar-refractivity contribution in [2.75, 3.05) is 17.7 Å². The van der Waals surface area contributed by atoms with Gasteiger partial charge in [0.05, 0.1) is 24.0 Å². The Kier molecular flexibility index (Phi) is 5.10. The predicted octanol–water partition coefficient (Wildman–Crippen LogP) is 3.06. The molecule has 2 N–H and O–H groups in total. The Labute approximate surface area is 166 Å². The summed E-state index contributed by atoms with van der Waals surface area (Å²) in [6, 6.07) is 18.0. The number of rotatable bonds is 6. The number of pyridine rings is 1. The zero-order valence-corrected chi connectivity index (χ0v) is 15.5. The maximum absolute atomic E-state index is 12.9. The van der Waals surface area contributed by atoms with E-state index in [1.54, 1.807) is 37.6 Å². The lowest BCUT2D eigenvalue weighted by Gasteiger charge is -2.13. The summed E-state index contributed by atoms with van der Waals surface area (Å²) in [7, 11) is 1.59. The number of carbonyl (C=O) groups is 1. The Morgan fingerprint density at radius 1 is 1.07 bits per heavy atom. The number of anilines is 3. The van der Waals surface area contributed by atoms with Gasteiger partial charge in [0, 0.05) is 11.9 Å². The Morgan fingerprint density at radius 2 is 1.97 bits per heavy atom. The van der Waals surface area contributed by atoms with E-state index in [2.05, 4.69) is 31.1 Å². The van der Waals surface area contributed by atoms with Gasteiger partial charge in [0.1, 0.15) is 17.9 Å². The second kappa shape index (κ2) is 8.17. The van der Waals surface area contributed by atoms with Crippen molar-refractivity contribution in [3.8, 4) is 11.4 Å². The van der Waals surface area contributed by atoms with Gasteiger partial charge in [-0.05, 0) is 52.9 Å². The first-order valence-corrected chi connectivity index (χ1v) is 8.74. The third-order valence-corrected chi connectivity index (χ3v) is 4.13. The van der Waals surface area contributed by atoms with Crippen LogP contribution in [0, 0.1) is 0 Å². The minimum Gasteiger partial charge on any atom is -0.495 e. The first kappa shape index (κ1) is 18.1. The van der Waals surface area contributed by atoms with Gasteiger partial charge in [0.2, 0.25) is 0 Å². The second-order valence-corrected chi connectivity index (χ2v) is 5.98. The van der Waals surface area contributed by atoms with Crippen LogP contribution in [0.4, 0.5) is 17.2 Å². The summed E-state index contributed by atoms with van der Waals surface area (Å²) in [4.78, 5) is 17.2. The molecule has 0 saturated carbocycles. The molecule has 1 amide bonds. The third kappa shape index (κ3) is 4.03. The zero-order valence-electron chi connectivity index (χ0n) is 15.5. The highest BCUT2D eigenvalue weighted by Crippen LogP contribution is 2.28. The van der Waals surface area contributed by atoms with E-state index in [0.717, 1.165) is 5.69 Å². The maximum atomic E-state index is 12.9. The molecule has 0 aliphatic heterocycles. The van der Waals surface area contributed by atoms with E-state index in [9.17, 15) is 4.79 Å². The molecule has 0 saturated heterocycles. The van der Waals surface area contributed by atoms with E-state index in [1.165, 1.54) is 11.0 Å². The average Bonchev–Trinajstić information content (AvgIpc) is 3.30. The number of nitrogens with zero attached hydrogens (tertiary/aromatic N) is 5. The van der Waals surface area contributed by atoms with E-state index < -0.39 is 0 Å².